The van der Waals surface area contributed by atoms with Crippen LogP contribution in [0.3, 0.4) is 0 Å². The molecule has 0 radical (unpaired) electrons. The van der Waals surface area contributed by atoms with Crippen LogP contribution in [-0.4, -0.2) is 4.98 Å². The Labute approximate surface area is 191 Å². The Hall–Kier alpha value is -3.07. The van der Waals surface area contributed by atoms with Crippen LogP contribution >= 0.6 is 7.26 Å². The van der Waals surface area contributed by atoms with Crippen molar-refractivity contribution in [2.75, 3.05) is 0 Å². The van der Waals surface area contributed by atoms with Gasteiger partial charge in [-0.1, -0.05) is 54.6 Å². The lowest BCUT2D eigenvalue weighted by molar-refractivity contribution is -0.00000779. The summed E-state index contributed by atoms with van der Waals surface area (Å²) in [4.78, 5) is 4.38. The van der Waals surface area contributed by atoms with E-state index in [1.807, 2.05) is 54.6 Å². The van der Waals surface area contributed by atoms with E-state index < -0.39 is 18.9 Å². The molecule has 1 heterocycles. The molecule has 32 heavy (non-hydrogen) atoms. The summed E-state index contributed by atoms with van der Waals surface area (Å²) in [5, 5.41) is 3.45. The van der Waals surface area contributed by atoms with Crippen molar-refractivity contribution in [3.8, 4) is 0 Å². The zero-order valence-electron chi connectivity index (χ0n) is 17.0. The van der Waals surface area contributed by atoms with Gasteiger partial charge in [0.05, 0.1) is 0 Å². The Morgan fingerprint density at radius 2 is 1.06 bits per heavy atom. The summed E-state index contributed by atoms with van der Waals surface area (Å²) in [6.07, 6.45) is 0.415. The molecule has 5 aromatic rings. The minimum Gasteiger partial charge on any atom is -1.00 e. The first-order valence-electron chi connectivity index (χ1n) is 9.97. The first-order chi connectivity index (χ1) is 15.2. The van der Waals surface area contributed by atoms with Gasteiger partial charge in [-0.15, -0.1) is 0 Å². The standard InChI is InChI=1S/C26H19F2NOP.ClH/c27-22-16-17-23(28)26-25(22)29-24(30-26)18-31(19-10-4-1-5-11-19,20-12-6-2-7-13-20)21-14-8-3-9-15-21;/h1-17H,18H2;1H/q+1;/p-1. The SMILES string of the molecule is Fc1ccc(F)c2oc(C[P+](c3ccccc3)(c3ccccc3)c3ccccc3)nc12.[Cl-]. The third-order valence-electron chi connectivity index (χ3n) is 5.45. The Morgan fingerprint density at radius 1 is 0.625 bits per heavy atom. The second kappa shape index (κ2) is 9.20. The van der Waals surface area contributed by atoms with E-state index >= 15 is 0 Å². The molecule has 0 saturated heterocycles. The molecule has 1 aromatic heterocycles. The molecule has 4 aromatic carbocycles. The van der Waals surface area contributed by atoms with Crippen LogP contribution in [0.1, 0.15) is 5.89 Å². The first kappa shape index (κ1) is 22.1. The maximum Gasteiger partial charge on any atom is 0.234 e. The van der Waals surface area contributed by atoms with Gasteiger partial charge in [0, 0.05) is 0 Å². The average Bonchev–Trinajstić information content (AvgIpc) is 3.27. The molecule has 6 heteroatoms. The second-order valence-corrected chi connectivity index (χ2v) is 10.8. The van der Waals surface area contributed by atoms with E-state index in [4.69, 9.17) is 4.42 Å². The van der Waals surface area contributed by atoms with Crippen molar-refractivity contribution < 1.29 is 25.6 Å². The highest BCUT2D eigenvalue weighted by molar-refractivity contribution is 7.95. The van der Waals surface area contributed by atoms with Crippen LogP contribution in [0.4, 0.5) is 8.78 Å². The Kier molecular flexibility index (Phi) is 6.36. The average molecular weight is 466 g/mol. The molecular formula is C26H19ClF2NOP. The number of hydrogen-bond donors (Lipinski definition) is 0. The summed E-state index contributed by atoms with van der Waals surface area (Å²) in [5.41, 5.74) is -0.204. The molecule has 0 aliphatic rings. The summed E-state index contributed by atoms with van der Waals surface area (Å²) < 4.78 is 34.4. The van der Waals surface area contributed by atoms with Crippen molar-refractivity contribution in [3.63, 3.8) is 0 Å². The number of aromatic nitrogens is 1. The predicted molar refractivity (Wildman–Crippen MR) is 123 cm³/mol. The Morgan fingerprint density at radius 3 is 1.50 bits per heavy atom. The van der Waals surface area contributed by atoms with Gasteiger partial charge in [0.1, 0.15) is 34.9 Å². The molecule has 0 fully saturated rings. The monoisotopic (exact) mass is 465 g/mol. The minimum absolute atomic E-state index is 0. The van der Waals surface area contributed by atoms with Gasteiger partial charge < -0.3 is 16.8 Å². The van der Waals surface area contributed by atoms with Crippen molar-refractivity contribution in [2.45, 2.75) is 6.16 Å². The largest absolute Gasteiger partial charge is 1.00 e. The number of hydrogen-bond acceptors (Lipinski definition) is 2. The van der Waals surface area contributed by atoms with Gasteiger partial charge in [0.2, 0.25) is 5.89 Å². The molecule has 0 aliphatic heterocycles. The van der Waals surface area contributed by atoms with Gasteiger partial charge in [-0.05, 0) is 48.5 Å². The number of fused-ring (bicyclic) bond motifs is 1. The fraction of sp³-hybridized carbons (Fsp3) is 0.0385. The van der Waals surface area contributed by atoms with Gasteiger partial charge in [-0.3, -0.25) is 0 Å². The highest BCUT2D eigenvalue weighted by atomic mass is 35.5. The highest BCUT2D eigenvalue weighted by Gasteiger charge is 2.47. The first-order valence-corrected chi connectivity index (χ1v) is 11.9. The summed E-state index contributed by atoms with van der Waals surface area (Å²) in [7, 11) is -2.26. The molecule has 0 atom stereocenters. The van der Waals surface area contributed by atoms with E-state index in [0.29, 0.717) is 12.1 Å². The number of nitrogens with zero attached hydrogens (tertiary/aromatic N) is 1. The minimum atomic E-state index is -2.26. The lowest BCUT2D eigenvalue weighted by Gasteiger charge is -2.26. The molecule has 0 amide bonds. The topological polar surface area (TPSA) is 26.0 Å². The van der Waals surface area contributed by atoms with Crippen LogP contribution in [-0.2, 0) is 6.16 Å². The van der Waals surface area contributed by atoms with Gasteiger partial charge >= 0.3 is 0 Å². The van der Waals surface area contributed by atoms with Crippen molar-refractivity contribution in [1.82, 2.24) is 4.98 Å². The number of benzene rings is 4. The Balaban J connectivity index is 0.00000245. The summed E-state index contributed by atoms with van der Waals surface area (Å²) >= 11 is 0. The molecule has 160 valence electrons. The van der Waals surface area contributed by atoms with E-state index in [1.54, 1.807) is 0 Å². The van der Waals surface area contributed by atoms with E-state index in [-0.39, 0.29) is 23.5 Å². The molecule has 0 N–H and O–H groups in total. The fourth-order valence-corrected chi connectivity index (χ4v) is 8.05. The van der Waals surface area contributed by atoms with Crippen molar-refractivity contribution in [1.29, 1.82) is 0 Å². The lowest BCUT2D eigenvalue weighted by Crippen LogP contribution is -3.00. The molecule has 0 bridgehead atoms. The maximum absolute atomic E-state index is 14.3. The van der Waals surface area contributed by atoms with E-state index in [0.717, 1.165) is 28.0 Å². The zero-order valence-corrected chi connectivity index (χ0v) is 18.6. The quantitative estimate of drug-likeness (QED) is 0.373. The lowest BCUT2D eigenvalue weighted by atomic mass is 10.3. The molecule has 0 unspecified atom stereocenters. The Bertz CT molecular complexity index is 1190. The van der Waals surface area contributed by atoms with Crippen LogP contribution in [0.15, 0.2) is 108 Å². The van der Waals surface area contributed by atoms with Crippen molar-refractivity contribution in [3.05, 3.63) is 121 Å². The van der Waals surface area contributed by atoms with Crippen LogP contribution in [0.25, 0.3) is 11.1 Å². The number of halogens is 3. The molecule has 0 aliphatic carbocycles. The smallest absolute Gasteiger partial charge is 0.234 e. The molecule has 5 rings (SSSR count). The van der Waals surface area contributed by atoms with Crippen LogP contribution in [0.2, 0.25) is 0 Å². The molecule has 2 nitrogen and oxygen atoms in total. The van der Waals surface area contributed by atoms with Gasteiger partial charge in [-0.2, -0.15) is 0 Å². The normalized spacial score (nSPS) is 11.3. The highest BCUT2D eigenvalue weighted by Crippen LogP contribution is 2.58. The van der Waals surface area contributed by atoms with Crippen LogP contribution in [0.5, 0.6) is 0 Å². The van der Waals surface area contributed by atoms with E-state index in [1.165, 1.54) is 0 Å². The maximum atomic E-state index is 14.3. The van der Waals surface area contributed by atoms with Crippen molar-refractivity contribution in [2.24, 2.45) is 0 Å². The van der Waals surface area contributed by atoms with Gasteiger partial charge in [0.15, 0.2) is 17.2 Å². The molecule has 0 saturated carbocycles. The predicted octanol–water partition coefficient (Wildman–Crippen LogP) is 2.60. The third-order valence-corrected chi connectivity index (χ3v) is 9.74. The van der Waals surface area contributed by atoms with Gasteiger partial charge in [0.25, 0.3) is 0 Å². The van der Waals surface area contributed by atoms with Gasteiger partial charge in [-0.25, -0.2) is 13.8 Å². The van der Waals surface area contributed by atoms with Crippen LogP contribution in [0, 0.1) is 11.6 Å². The molecular weight excluding hydrogens is 447 g/mol. The number of rotatable bonds is 5. The van der Waals surface area contributed by atoms with E-state index in [9.17, 15) is 8.78 Å². The van der Waals surface area contributed by atoms with Crippen molar-refractivity contribution >= 4 is 34.3 Å². The van der Waals surface area contributed by atoms with E-state index in [2.05, 4.69) is 41.4 Å². The molecule has 0 spiro atoms. The third kappa shape index (κ3) is 3.81. The zero-order chi connectivity index (χ0) is 21.3. The fourth-order valence-electron chi connectivity index (χ4n) is 4.03. The second-order valence-electron chi connectivity index (χ2n) is 7.29. The number of oxazole rings is 1. The van der Waals surface area contributed by atoms with Crippen LogP contribution < -0.4 is 28.3 Å². The summed E-state index contributed by atoms with van der Waals surface area (Å²) in [6.45, 7) is 0. The summed E-state index contributed by atoms with van der Waals surface area (Å²) in [5.74, 6) is -0.878. The summed E-state index contributed by atoms with van der Waals surface area (Å²) in [6, 6.07) is 32.8.